The van der Waals surface area contributed by atoms with Crippen molar-refractivity contribution in [3.8, 4) is 0 Å². The third-order valence-corrected chi connectivity index (χ3v) is 5.46. The van der Waals surface area contributed by atoms with E-state index in [9.17, 15) is 13.0 Å². The number of anilines is 2. The number of nitrogen functional groups attached to an aromatic ring is 2. The minimum atomic E-state index is -4.61. The second-order valence-corrected chi connectivity index (χ2v) is 8.21. The van der Waals surface area contributed by atoms with Gasteiger partial charge in [0.25, 0.3) is 10.1 Å². The van der Waals surface area contributed by atoms with E-state index in [4.69, 9.17) is 11.5 Å². The number of benzene rings is 4. The average Bonchev–Trinajstić information content (AvgIpc) is 2.76. The molecule has 4 aromatic carbocycles. The lowest BCUT2D eigenvalue weighted by molar-refractivity contribution is 0.483. The zero-order valence-corrected chi connectivity index (χ0v) is 17.4. The van der Waals surface area contributed by atoms with Gasteiger partial charge in [0.1, 0.15) is 16.3 Å². The van der Waals surface area contributed by atoms with E-state index in [1.54, 1.807) is 48.5 Å². The molecule has 0 spiro atoms. The first kappa shape index (κ1) is 21.1. The van der Waals surface area contributed by atoms with E-state index < -0.39 is 15.0 Å². The summed E-state index contributed by atoms with van der Waals surface area (Å²) in [6.45, 7) is 0. The molecule has 0 aliphatic heterocycles. The van der Waals surface area contributed by atoms with E-state index in [1.807, 2.05) is 18.2 Å². The maximum atomic E-state index is 12.1. The maximum absolute atomic E-state index is 12.1. The standard InChI is InChI=1S/C22H18N6O3S/c23-15-10-11-18(17(24)13-15)26-28-22-20(32(29,30)31)12-9-14-5-4-8-19(21(14)22)27-25-16-6-2-1-3-7-16/h1-13H,23-24H2,(H,29,30,31). The van der Waals surface area contributed by atoms with Crippen LogP contribution in [0.1, 0.15) is 0 Å². The summed E-state index contributed by atoms with van der Waals surface area (Å²) in [5.41, 5.74) is 13.5. The van der Waals surface area contributed by atoms with Gasteiger partial charge in [-0.2, -0.15) is 13.5 Å². The molecule has 0 saturated carbocycles. The van der Waals surface area contributed by atoms with Crippen molar-refractivity contribution < 1.29 is 13.0 Å². The number of hydrogen-bond acceptors (Lipinski definition) is 8. The van der Waals surface area contributed by atoms with Crippen LogP contribution >= 0.6 is 0 Å². The van der Waals surface area contributed by atoms with Crippen molar-refractivity contribution in [3.63, 3.8) is 0 Å². The number of azo groups is 2. The van der Waals surface area contributed by atoms with Crippen LogP contribution in [0.3, 0.4) is 0 Å². The second kappa shape index (κ2) is 8.53. The molecule has 0 aromatic heterocycles. The molecule has 32 heavy (non-hydrogen) atoms. The Morgan fingerprint density at radius 1 is 0.719 bits per heavy atom. The maximum Gasteiger partial charge on any atom is 0.296 e. The van der Waals surface area contributed by atoms with E-state index >= 15 is 0 Å². The van der Waals surface area contributed by atoms with Gasteiger partial charge in [-0.1, -0.05) is 36.4 Å². The molecule has 0 heterocycles. The molecule has 0 saturated heterocycles. The zero-order valence-electron chi connectivity index (χ0n) is 16.6. The summed E-state index contributed by atoms with van der Waals surface area (Å²) in [5, 5.41) is 17.7. The molecular weight excluding hydrogens is 428 g/mol. The zero-order chi connectivity index (χ0) is 22.7. The van der Waals surface area contributed by atoms with Crippen molar-refractivity contribution in [1.82, 2.24) is 0 Å². The fourth-order valence-corrected chi connectivity index (χ4v) is 3.71. The molecule has 5 N–H and O–H groups in total. The summed E-state index contributed by atoms with van der Waals surface area (Å²) in [5.74, 6) is 0. The molecule has 0 aliphatic rings. The number of nitrogens with zero attached hydrogens (tertiary/aromatic N) is 4. The van der Waals surface area contributed by atoms with Crippen LogP contribution in [0.5, 0.6) is 0 Å². The Kier molecular flexibility index (Phi) is 5.63. The van der Waals surface area contributed by atoms with Crippen LogP contribution in [0, 0.1) is 0 Å². The molecule has 160 valence electrons. The molecule has 10 heteroatoms. The first-order valence-corrected chi connectivity index (χ1v) is 10.8. The van der Waals surface area contributed by atoms with Crippen LogP contribution in [0.15, 0.2) is 104 Å². The first-order valence-electron chi connectivity index (χ1n) is 9.40. The third-order valence-electron chi connectivity index (χ3n) is 4.58. The molecule has 4 aromatic rings. The van der Waals surface area contributed by atoms with E-state index in [0.29, 0.717) is 33.5 Å². The Balaban J connectivity index is 1.93. The molecule has 0 aliphatic carbocycles. The predicted octanol–water partition coefficient (Wildman–Crippen LogP) is 6.08. The lowest BCUT2D eigenvalue weighted by atomic mass is 10.1. The largest absolute Gasteiger partial charge is 0.399 e. The second-order valence-electron chi connectivity index (χ2n) is 6.82. The van der Waals surface area contributed by atoms with Crippen molar-refractivity contribution in [2.24, 2.45) is 20.5 Å². The van der Waals surface area contributed by atoms with Gasteiger partial charge in [-0.25, -0.2) is 0 Å². The first-order chi connectivity index (χ1) is 15.3. The van der Waals surface area contributed by atoms with Crippen molar-refractivity contribution in [3.05, 3.63) is 78.9 Å². The summed E-state index contributed by atoms with van der Waals surface area (Å²) in [4.78, 5) is -0.412. The van der Waals surface area contributed by atoms with E-state index in [2.05, 4.69) is 20.5 Å². The summed E-state index contributed by atoms with van der Waals surface area (Å²) < 4.78 is 33.9. The van der Waals surface area contributed by atoms with Crippen LogP contribution in [0.2, 0.25) is 0 Å². The van der Waals surface area contributed by atoms with Gasteiger partial charge < -0.3 is 11.5 Å². The lowest BCUT2D eigenvalue weighted by Crippen LogP contribution is -1.98. The molecule has 4 rings (SSSR count). The van der Waals surface area contributed by atoms with Crippen LogP contribution in [0.25, 0.3) is 10.8 Å². The summed E-state index contributed by atoms with van der Waals surface area (Å²) >= 11 is 0. The lowest BCUT2D eigenvalue weighted by Gasteiger charge is -2.09. The smallest absolute Gasteiger partial charge is 0.296 e. The molecule has 0 radical (unpaired) electrons. The van der Waals surface area contributed by atoms with E-state index in [0.717, 1.165) is 0 Å². The van der Waals surface area contributed by atoms with Gasteiger partial charge in [0, 0.05) is 11.1 Å². The van der Waals surface area contributed by atoms with Gasteiger partial charge in [0.05, 0.1) is 17.1 Å². The normalized spacial score (nSPS) is 12.2. The SMILES string of the molecule is Nc1ccc(N=Nc2c(S(=O)(=O)O)ccc3cccc(N=Nc4ccccc4)c23)c(N)c1. The van der Waals surface area contributed by atoms with Gasteiger partial charge in [-0.05, 0) is 47.9 Å². The van der Waals surface area contributed by atoms with Crippen LogP contribution in [0.4, 0.5) is 34.1 Å². The number of nitrogens with two attached hydrogens (primary N) is 2. The van der Waals surface area contributed by atoms with Gasteiger partial charge in [0.2, 0.25) is 0 Å². The fourth-order valence-electron chi connectivity index (χ4n) is 3.09. The Hall–Kier alpha value is -4.15. The molecule has 0 bridgehead atoms. The molecule has 0 atom stereocenters. The van der Waals surface area contributed by atoms with Gasteiger partial charge in [-0.15, -0.1) is 15.3 Å². The summed E-state index contributed by atoms with van der Waals surface area (Å²) in [6, 6.07) is 21.7. The van der Waals surface area contributed by atoms with Crippen molar-refractivity contribution in [2.75, 3.05) is 11.5 Å². The Morgan fingerprint density at radius 2 is 1.47 bits per heavy atom. The number of rotatable bonds is 5. The summed E-state index contributed by atoms with van der Waals surface area (Å²) in [6.07, 6.45) is 0. The Labute approximate surface area is 183 Å². The fraction of sp³-hybridized carbons (Fsp3) is 0. The predicted molar refractivity (Wildman–Crippen MR) is 124 cm³/mol. The highest BCUT2D eigenvalue weighted by Crippen LogP contribution is 2.40. The third kappa shape index (κ3) is 4.46. The summed E-state index contributed by atoms with van der Waals surface area (Å²) in [7, 11) is -4.61. The minimum absolute atomic E-state index is 0.0798. The molecular formula is C22H18N6O3S. The van der Waals surface area contributed by atoms with E-state index in [1.165, 1.54) is 12.1 Å². The Morgan fingerprint density at radius 3 is 2.19 bits per heavy atom. The van der Waals surface area contributed by atoms with Crippen molar-refractivity contribution >= 4 is 55.0 Å². The van der Waals surface area contributed by atoms with Crippen LogP contribution in [-0.2, 0) is 10.1 Å². The monoisotopic (exact) mass is 446 g/mol. The quantitative estimate of drug-likeness (QED) is 0.192. The van der Waals surface area contributed by atoms with Gasteiger partial charge >= 0.3 is 0 Å². The van der Waals surface area contributed by atoms with Crippen LogP contribution in [-0.4, -0.2) is 13.0 Å². The van der Waals surface area contributed by atoms with Gasteiger partial charge in [-0.3, -0.25) is 4.55 Å². The molecule has 0 fully saturated rings. The highest BCUT2D eigenvalue weighted by Gasteiger charge is 2.20. The highest BCUT2D eigenvalue weighted by molar-refractivity contribution is 7.86. The molecule has 0 unspecified atom stereocenters. The molecule has 0 amide bonds. The van der Waals surface area contributed by atoms with Crippen molar-refractivity contribution in [2.45, 2.75) is 4.90 Å². The van der Waals surface area contributed by atoms with E-state index in [-0.39, 0.29) is 11.4 Å². The van der Waals surface area contributed by atoms with Crippen LogP contribution < -0.4 is 11.5 Å². The number of fused-ring (bicyclic) bond motifs is 1. The molecule has 9 nitrogen and oxygen atoms in total. The topological polar surface area (TPSA) is 156 Å². The Bertz CT molecular complexity index is 1470. The number of hydrogen-bond donors (Lipinski definition) is 3. The minimum Gasteiger partial charge on any atom is -0.399 e. The van der Waals surface area contributed by atoms with Gasteiger partial charge in [0.15, 0.2) is 0 Å². The highest BCUT2D eigenvalue weighted by atomic mass is 32.2. The van der Waals surface area contributed by atoms with Crippen molar-refractivity contribution in [1.29, 1.82) is 0 Å². The average molecular weight is 446 g/mol.